The first-order valence-electron chi connectivity index (χ1n) is 12.4. The third kappa shape index (κ3) is 8.07. The van der Waals surface area contributed by atoms with E-state index in [0.29, 0.717) is 17.1 Å². The standard InChI is InChI=1S/C29H34ClN3O4S/c1-22-15-17-25(18-16-22)33(38(3,36)37)19-9-14-28(34)32(21-24-12-7-8-13-26(24)30)27(29(35)31-2)20-23-10-5-4-6-11-23/h4-8,10-13,15-18,27H,9,14,19-21H2,1-3H3,(H,31,35)/t27-/m0/s1. The summed E-state index contributed by atoms with van der Waals surface area (Å²) in [7, 11) is -2.01. The Hall–Kier alpha value is -3.36. The highest BCUT2D eigenvalue weighted by atomic mass is 35.5. The molecule has 0 radical (unpaired) electrons. The van der Waals surface area contributed by atoms with Crippen molar-refractivity contribution in [3.63, 3.8) is 0 Å². The van der Waals surface area contributed by atoms with Gasteiger partial charge in [0, 0.05) is 38.0 Å². The number of carbonyl (C=O) groups is 2. The van der Waals surface area contributed by atoms with Crippen molar-refractivity contribution in [3.05, 3.63) is 101 Å². The van der Waals surface area contributed by atoms with E-state index in [1.165, 1.54) is 4.31 Å². The van der Waals surface area contributed by atoms with Gasteiger partial charge in [0.2, 0.25) is 21.8 Å². The molecule has 0 aliphatic heterocycles. The highest BCUT2D eigenvalue weighted by molar-refractivity contribution is 7.92. The summed E-state index contributed by atoms with van der Waals surface area (Å²) in [5.41, 5.74) is 3.21. The van der Waals surface area contributed by atoms with Gasteiger partial charge in [0.25, 0.3) is 0 Å². The minimum absolute atomic E-state index is 0.0601. The van der Waals surface area contributed by atoms with Crippen LogP contribution in [0.3, 0.4) is 0 Å². The minimum atomic E-state index is -3.55. The molecule has 3 aromatic rings. The third-order valence-electron chi connectivity index (χ3n) is 6.29. The van der Waals surface area contributed by atoms with Gasteiger partial charge >= 0.3 is 0 Å². The molecule has 0 aliphatic carbocycles. The van der Waals surface area contributed by atoms with Gasteiger partial charge in [-0.25, -0.2) is 8.42 Å². The maximum Gasteiger partial charge on any atom is 0.242 e. The van der Waals surface area contributed by atoms with Crippen LogP contribution in [0.5, 0.6) is 0 Å². The molecule has 0 saturated carbocycles. The summed E-state index contributed by atoms with van der Waals surface area (Å²) in [5.74, 6) is -0.543. The first-order valence-corrected chi connectivity index (χ1v) is 14.7. The smallest absolute Gasteiger partial charge is 0.242 e. The van der Waals surface area contributed by atoms with E-state index in [4.69, 9.17) is 11.6 Å². The normalized spacial score (nSPS) is 12.0. The fraction of sp³-hybridized carbons (Fsp3) is 0.310. The summed E-state index contributed by atoms with van der Waals surface area (Å²) in [5, 5.41) is 3.19. The van der Waals surface area contributed by atoms with Gasteiger partial charge in [-0.05, 0) is 42.7 Å². The SMILES string of the molecule is CNC(=O)[C@H](Cc1ccccc1)N(Cc1ccccc1Cl)C(=O)CCCN(c1ccc(C)cc1)S(C)(=O)=O. The van der Waals surface area contributed by atoms with E-state index in [9.17, 15) is 18.0 Å². The second-order valence-corrected chi connectivity index (χ2v) is 11.5. The summed E-state index contributed by atoms with van der Waals surface area (Å²) in [6.07, 6.45) is 1.82. The number of aryl methyl sites for hydroxylation is 1. The predicted molar refractivity (Wildman–Crippen MR) is 153 cm³/mol. The van der Waals surface area contributed by atoms with Crippen LogP contribution in [0.2, 0.25) is 5.02 Å². The van der Waals surface area contributed by atoms with Crippen molar-refractivity contribution in [1.29, 1.82) is 0 Å². The number of nitrogens with one attached hydrogen (secondary N) is 1. The number of nitrogens with zero attached hydrogens (tertiary/aromatic N) is 2. The third-order valence-corrected chi connectivity index (χ3v) is 7.85. The number of sulfonamides is 1. The van der Waals surface area contributed by atoms with Gasteiger partial charge in [0.05, 0.1) is 11.9 Å². The summed E-state index contributed by atoms with van der Waals surface area (Å²) in [4.78, 5) is 28.2. The molecule has 2 amide bonds. The zero-order valence-corrected chi connectivity index (χ0v) is 23.5. The molecule has 3 rings (SSSR count). The van der Waals surface area contributed by atoms with Crippen molar-refractivity contribution in [2.75, 3.05) is 24.2 Å². The summed E-state index contributed by atoms with van der Waals surface area (Å²) < 4.78 is 26.3. The molecule has 9 heteroatoms. The highest BCUT2D eigenvalue weighted by Crippen LogP contribution is 2.23. The van der Waals surface area contributed by atoms with Gasteiger partial charge in [-0.15, -0.1) is 0 Å². The molecule has 0 aliphatic rings. The summed E-state index contributed by atoms with van der Waals surface area (Å²) in [6.45, 7) is 2.22. The van der Waals surface area contributed by atoms with Crippen molar-refractivity contribution >= 4 is 39.1 Å². The Morgan fingerprint density at radius 3 is 2.18 bits per heavy atom. The van der Waals surface area contributed by atoms with Gasteiger partial charge in [-0.1, -0.05) is 77.8 Å². The molecule has 0 heterocycles. The average molecular weight is 556 g/mol. The van der Waals surface area contributed by atoms with Crippen LogP contribution in [0, 0.1) is 6.92 Å². The number of carbonyl (C=O) groups excluding carboxylic acids is 2. The van der Waals surface area contributed by atoms with E-state index in [0.717, 1.165) is 22.9 Å². The van der Waals surface area contributed by atoms with E-state index in [1.54, 1.807) is 30.1 Å². The van der Waals surface area contributed by atoms with E-state index >= 15 is 0 Å². The van der Waals surface area contributed by atoms with E-state index in [1.807, 2.05) is 67.6 Å². The number of amides is 2. The number of likely N-dealkylation sites (N-methyl/N-ethyl adjacent to an activating group) is 1. The van der Waals surface area contributed by atoms with Crippen molar-refractivity contribution in [1.82, 2.24) is 10.2 Å². The fourth-order valence-corrected chi connectivity index (χ4v) is 5.41. The first-order chi connectivity index (χ1) is 18.1. The lowest BCUT2D eigenvalue weighted by molar-refractivity contribution is -0.141. The number of rotatable bonds is 12. The van der Waals surface area contributed by atoms with Crippen LogP contribution in [0.25, 0.3) is 0 Å². The van der Waals surface area contributed by atoms with Crippen LogP contribution >= 0.6 is 11.6 Å². The largest absolute Gasteiger partial charge is 0.357 e. The van der Waals surface area contributed by atoms with Crippen molar-refractivity contribution in [2.24, 2.45) is 0 Å². The van der Waals surface area contributed by atoms with Gasteiger partial charge in [0.15, 0.2) is 0 Å². The molecule has 7 nitrogen and oxygen atoms in total. The topological polar surface area (TPSA) is 86.8 Å². The molecule has 0 aromatic heterocycles. The molecule has 38 heavy (non-hydrogen) atoms. The van der Waals surface area contributed by atoms with Crippen molar-refractivity contribution in [3.8, 4) is 0 Å². The maximum atomic E-state index is 13.7. The van der Waals surface area contributed by atoms with Crippen LogP contribution in [0.15, 0.2) is 78.9 Å². The predicted octanol–water partition coefficient (Wildman–Crippen LogP) is 4.58. The second-order valence-electron chi connectivity index (χ2n) is 9.21. The number of hydrogen-bond acceptors (Lipinski definition) is 4. The summed E-state index contributed by atoms with van der Waals surface area (Å²) in [6, 6.07) is 23.2. The second kappa shape index (κ2) is 13.4. The van der Waals surface area contributed by atoms with Crippen LogP contribution in [-0.4, -0.2) is 51.0 Å². The monoisotopic (exact) mass is 555 g/mol. The highest BCUT2D eigenvalue weighted by Gasteiger charge is 2.30. The molecule has 0 unspecified atom stereocenters. The summed E-state index contributed by atoms with van der Waals surface area (Å²) >= 11 is 6.41. The van der Waals surface area contributed by atoms with Crippen LogP contribution in [0.1, 0.15) is 29.5 Å². The molecule has 3 aromatic carbocycles. The van der Waals surface area contributed by atoms with E-state index in [2.05, 4.69) is 5.32 Å². The Bertz CT molecular complexity index is 1330. The molecule has 1 atom stereocenters. The van der Waals surface area contributed by atoms with Gasteiger partial charge in [-0.2, -0.15) is 0 Å². The molecule has 0 spiro atoms. The van der Waals surface area contributed by atoms with Crippen LogP contribution < -0.4 is 9.62 Å². The Labute approximate surface area is 230 Å². The fourth-order valence-electron chi connectivity index (χ4n) is 4.25. The molecule has 1 N–H and O–H groups in total. The number of anilines is 1. The Balaban J connectivity index is 1.84. The van der Waals surface area contributed by atoms with E-state index < -0.39 is 16.1 Å². The molecule has 202 valence electrons. The molecule has 0 bridgehead atoms. The lowest BCUT2D eigenvalue weighted by atomic mass is 10.0. The molecular weight excluding hydrogens is 522 g/mol. The quantitative estimate of drug-likeness (QED) is 0.354. The van der Waals surface area contributed by atoms with Crippen LogP contribution in [0.4, 0.5) is 5.69 Å². The Morgan fingerprint density at radius 2 is 1.58 bits per heavy atom. The van der Waals surface area contributed by atoms with Gasteiger partial charge < -0.3 is 10.2 Å². The average Bonchev–Trinajstić information content (AvgIpc) is 2.89. The number of halogens is 1. The molecular formula is C29H34ClN3O4S. The number of hydrogen-bond donors (Lipinski definition) is 1. The first kappa shape index (κ1) is 29.2. The minimum Gasteiger partial charge on any atom is -0.357 e. The Kier molecular flexibility index (Phi) is 10.3. The zero-order valence-electron chi connectivity index (χ0n) is 21.9. The van der Waals surface area contributed by atoms with Gasteiger partial charge in [-0.3, -0.25) is 13.9 Å². The molecule has 0 fully saturated rings. The van der Waals surface area contributed by atoms with Crippen LogP contribution in [-0.2, 0) is 32.6 Å². The number of benzene rings is 3. The van der Waals surface area contributed by atoms with E-state index in [-0.39, 0.29) is 37.7 Å². The van der Waals surface area contributed by atoms with Crippen molar-refractivity contribution in [2.45, 2.75) is 38.8 Å². The van der Waals surface area contributed by atoms with Gasteiger partial charge in [0.1, 0.15) is 6.04 Å². The van der Waals surface area contributed by atoms with Crippen molar-refractivity contribution < 1.29 is 18.0 Å². The zero-order chi connectivity index (χ0) is 27.7. The maximum absolute atomic E-state index is 13.7. The molecule has 0 saturated heterocycles. The Morgan fingerprint density at radius 1 is 0.947 bits per heavy atom. The lowest BCUT2D eigenvalue weighted by Crippen LogP contribution is -2.49. The lowest BCUT2D eigenvalue weighted by Gasteiger charge is -2.32.